The van der Waals surface area contributed by atoms with Crippen molar-refractivity contribution in [2.75, 3.05) is 0 Å². The van der Waals surface area contributed by atoms with Crippen molar-refractivity contribution in [3.05, 3.63) is 3.57 Å². The quantitative estimate of drug-likeness (QED) is 0.368. The summed E-state index contributed by atoms with van der Waals surface area (Å²) in [5.41, 5.74) is 0.767. The SMILES string of the molecule is [B]c1nn([B])c([B])c1I. The van der Waals surface area contributed by atoms with Gasteiger partial charge in [0.05, 0.1) is 0 Å². The molecule has 0 fully saturated rings. The largest absolute Gasteiger partial charge is 0.338 e. The normalized spacial score (nSPS) is 9.89. The van der Waals surface area contributed by atoms with E-state index in [0.29, 0.717) is 14.8 Å². The lowest BCUT2D eigenvalue weighted by molar-refractivity contribution is 1.03. The van der Waals surface area contributed by atoms with Gasteiger partial charge in [-0.05, 0) is 28.2 Å². The lowest BCUT2D eigenvalue weighted by Crippen LogP contribution is -2.18. The molecule has 0 atom stereocenters. The molecule has 0 amide bonds. The Labute approximate surface area is 70.8 Å². The van der Waals surface area contributed by atoms with Crippen LogP contribution in [0.1, 0.15) is 0 Å². The fourth-order valence-electron chi connectivity index (χ4n) is 0.446. The van der Waals surface area contributed by atoms with Gasteiger partial charge in [-0.25, -0.2) is 5.10 Å². The molecule has 1 heterocycles. The summed E-state index contributed by atoms with van der Waals surface area (Å²) in [4.78, 5) is 0. The maximum Gasteiger partial charge on any atom is 0.263 e. The third-order valence-corrected chi connectivity index (χ3v) is 2.02. The van der Waals surface area contributed by atoms with Gasteiger partial charge < -0.3 is 4.59 Å². The Morgan fingerprint density at radius 2 is 2.00 bits per heavy atom. The van der Waals surface area contributed by atoms with Gasteiger partial charge in [0.2, 0.25) is 0 Å². The van der Waals surface area contributed by atoms with Crippen LogP contribution in [0.25, 0.3) is 0 Å². The molecule has 0 N–H and O–H groups in total. The molecule has 0 aliphatic carbocycles. The molecule has 6 heteroatoms. The number of rotatable bonds is 0. The van der Waals surface area contributed by atoms with Crippen LogP contribution < -0.4 is 11.2 Å². The Hall–Kier alpha value is 0.135. The van der Waals surface area contributed by atoms with Crippen LogP contribution in [0.3, 0.4) is 0 Å². The second-order valence-electron chi connectivity index (χ2n) is 1.53. The van der Waals surface area contributed by atoms with Crippen LogP contribution in [0.15, 0.2) is 0 Å². The Bertz CT molecular complexity index is 211. The molecular weight excluding hydrogens is 223 g/mol. The number of halogens is 1. The molecule has 0 aliphatic rings. The predicted molar refractivity (Wildman–Crippen MR) is 46.9 cm³/mol. The van der Waals surface area contributed by atoms with E-state index in [2.05, 4.69) is 5.10 Å². The maximum atomic E-state index is 5.39. The fourth-order valence-corrected chi connectivity index (χ4v) is 0.801. The van der Waals surface area contributed by atoms with Crippen LogP contribution in [-0.4, -0.2) is 33.4 Å². The van der Waals surface area contributed by atoms with Crippen LogP contribution in [0.4, 0.5) is 0 Å². The summed E-state index contributed by atoms with van der Waals surface area (Å²) >= 11 is 1.98. The van der Waals surface area contributed by atoms with Crippen LogP contribution in [-0.2, 0) is 0 Å². The molecule has 0 aliphatic heterocycles. The van der Waals surface area contributed by atoms with E-state index in [0.717, 1.165) is 4.59 Å². The zero-order chi connectivity index (χ0) is 7.02. The summed E-state index contributed by atoms with van der Waals surface area (Å²) in [6.07, 6.45) is 0. The van der Waals surface area contributed by atoms with Gasteiger partial charge in [-0.2, -0.15) is 0 Å². The summed E-state index contributed by atoms with van der Waals surface area (Å²) < 4.78 is 1.76. The van der Waals surface area contributed by atoms with Crippen LogP contribution in [0.5, 0.6) is 0 Å². The topological polar surface area (TPSA) is 17.8 Å². The smallest absolute Gasteiger partial charge is 0.263 e. The number of aromatic nitrogens is 2. The molecule has 0 spiro atoms. The molecule has 1 rings (SSSR count). The van der Waals surface area contributed by atoms with Gasteiger partial charge >= 0.3 is 0 Å². The van der Waals surface area contributed by atoms with E-state index in [4.69, 9.17) is 23.7 Å². The zero-order valence-corrected chi connectivity index (χ0v) is 6.66. The van der Waals surface area contributed by atoms with Crippen molar-refractivity contribution in [2.24, 2.45) is 0 Å². The average Bonchev–Trinajstić information content (AvgIpc) is 1.98. The highest BCUT2D eigenvalue weighted by Crippen LogP contribution is 1.91. The highest BCUT2D eigenvalue weighted by molar-refractivity contribution is 14.1. The minimum Gasteiger partial charge on any atom is -0.338 e. The van der Waals surface area contributed by atoms with Crippen molar-refractivity contribution in [3.63, 3.8) is 0 Å². The summed E-state index contributed by atoms with van der Waals surface area (Å²) in [6.45, 7) is 0. The molecule has 0 saturated carbocycles. The van der Waals surface area contributed by atoms with E-state index in [1.165, 1.54) is 0 Å². The van der Waals surface area contributed by atoms with Crippen molar-refractivity contribution < 1.29 is 0 Å². The van der Waals surface area contributed by atoms with E-state index >= 15 is 0 Å². The Balaban J connectivity index is 3.29. The summed E-state index contributed by atoms with van der Waals surface area (Å²) in [5.74, 6) is 0. The highest BCUT2D eigenvalue weighted by Gasteiger charge is 2.01. The predicted octanol–water partition coefficient (Wildman–Crippen LogP) is -1.99. The minimum absolute atomic E-state index is 0.371. The molecule has 38 valence electrons. The molecule has 0 bridgehead atoms. The van der Waals surface area contributed by atoms with Crippen LogP contribution in [0, 0.1) is 3.57 Å². The molecular formula is C3B3IN2. The molecule has 1 aromatic heterocycles. The first-order valence-corrected chi connectivity index (χ1v) is 3.25. The number of hydrogen-bond donors (Lipinski definition) is 0. The monoisotopic (exact) mass is 224 g/mol. The molecule has 2 nitrogen and oxygen atoms in total. The van der Waals surface area contributed by atoms with Crippen LogP contribution >= 0.6 is 22.6 Å². The van der Waals surface area contributed by atoms with E-state index in [1.54, 1.807) is 0 Å². The van der Waals surface area contributed by atoms with Gasteiger partial charge in [-0.1, -0.05) is 0 Å². The second kappa shape index (κ2) is 2.40. The third-order valence-electron chi connectivity index (χ3n) is 0.912. The molecule has 0 saturated heterocycles. The van der Waals surface area contributed by atoms with Crippen molar-refractivity contribution in [1.82, 2.24) is 9.69 Å². The van der Waals surface area contributed by atoms with Crippen molar-refractivity contribution in [1.29, 1.82) is 0 Å². The first-order valence-electron chi connectivity index (χ1n) is 2.17. The standard InChI is InChI=1S/C3B3IN2/c4-2-1(7)3(5)9(6)8-2. The van der Waals surface area contributed by atoms with Gasteiger partial charge in [-0.15, -0.1) is 0 Å². The van der Waals surface area contributed by atoms with E-state index in [-0.39, 0.29) is 0 Å². The maximum absolute atomic E-state index is 5.39. The summed E-state index contributed by atoms with van der Waals surface area (Å²) in [6, 6.07) is 0. The molecule has 9 heavy (non-hydrogen) atoms. The van der Waals surface area contributed by atoms with Crippen molar-refractivity contribution >= 4 is 57.5 Å². The molecule has 0 aromatic carbocycles. The molecule has 0 unspecified atom stereocenters. The van der Waals surface area contributed by atoms with E-state index in [9.17, 15) is 0 Å². The average molecular weight is 223 g/mol. The van der Waals surface area contributed by atoms with Gasteiger partial charge in [0.15, 0.2) is 0 Å². The minimum atomic E-state index is 0.371. The van der Waals surface area contributed by atoms with Gasteiger partial charge in [0, 0.05) is 9.16 Å². The summed E-state index contributed by atoms with van der Waals surface area (Å²) in [5, 5.41) is 3.65. The highest BCUT2D eigenvalue weighted by atomic mass is 127. The van der Waals surface area contributed by atoms with Crippen LogP contribution in [0.2, 0.25) is 0 Å². The van der Waals surface area contributed by atoms with Gasteiger partial charge in [0.25, 0.3) is 7.98 Å². The van der Waals surface area contributed by atoms with Gasteiger partial charge in [0.1, 0.15) is 15.7 Å². The Kier molecular flexibility index (Phi) is 1.93. The third kappa shape index (κ3) is 1.18. The molecule has 6 radical (unpaired) electrons. The Morgan fingerprint density at radius 1 is 1.44 bits per heavy atom. The first-order chi connectivity index (χ1) is 4.13. The summed E-state index contributed by atoms with van der Waals surface area (Å²) in [7, 11) is 16.0. The van der Waals surface area contributed by atoms with Crippen molar-refractivity contribution in [2.45, 2.75) is 0 Å². The lowest BCUT2D eigenvalue weighted by Gasteiger charge is -1.91. The lowest BCUT2D eigenvalue weighted by atomic mass is 9.98. The number of nitrogens with zero attached hydrogens (tertiary/aromatic N) is 2. The zero-order valence-electron chi connectivity index (χ0n) is 4.50. The second-order valence-corrected chi connectivity index (χ2v) is 2.61. The van der Waals surface area contributed by atoms with E-state index in [1.807, 2.05) is 22.6 Å². The van der Waals surface area contributed by atoms with Gasteiger partial charge in [-0.3, -0.25) is 0 Å². The van der Waals surface area contributed by atoms with Crippen molar-refractivity contribution in [3.8, 4) is 0 Å². The Morgan fingerprint density at radius 3 is 2.11 bits per heavy atom. The molecule has 1 aromatic rings. The fraction of sp³-hybridized carbons (Fsp3) is 0. The number of hydrogen-bond acceptors (Lipinski definition) is 1. The van der Waals surface area contributed by atoms with E-state index < -0.39 is 0 Å². The first kappa shape index (κ1) is 7.24.